The van der Waals surface area contributed by atoms with Gasteiger partial charge in [0.05, 0.1) is 22.5 Å². The molecule has 10 atom stereocenters. The highest BCUT2D eigenvalue weighted by molar-refractivity contribution is 5.72. The lowest BCUT2D eigenvalue weighted by Crippen LogP contribution is -2.76. The predicted molar refractivity (Wildman–Crippen MR) is 134 cm³/mol. The SMILES string of the molecule is CC(=O)OC[C@]12[C@H]3[C@H](OC(C)=O)C[C@]4(C)[C@H](C(=O)O)CC[C@@]4(O)[C@H]3CC[C@]1(O)C[C@H](OC(C)=O)C[C@@H]2OC(C)=O. The van der Waals surface area contributed by atoms with E-state index in [-0.39, 0.29) is 44.9 Å². The van der Waals surface area contributed by atoms with Crippen molar-refractivity contribution in [3.05, 3.63) is 0 Å². The van der Waals surface area contributed by atoms with Crippen LogP contribution in [0.25, 0.3) is 0 Å². The summed E-state index contributed by atoms with van der Waals surface area (Å²) in [7, 11) is 0. The quantitative estimate of drug-likeness (QED) is 0.311. The number of carboxylic acids is 1. The molecular formula is C28H40O12. The summed E-state index contributed by atoms with van der Waals surface area (Å²) >= 11 is 0. The standard InChI is InChI=1S/C28H40O12/c1-14(29)37-13-27-22(40-17(4)32)10-18(38-15(2)30)11-26(27,35)8-6-19-23(27)21(39-16(3)31)12-25(5)20(24(33)34)7-9-28(19,25)36/h18-23,35-36H,6-13H2,1-5H3,(H,33,34)/t18-,19+,20+,21-,22+,23-,25-,26+,27+,28-/m1/s1. The minimum absolute atomic E-state index is 0.0216. The van der Waals surface area contributed by atoms with Gasteiger partial charge in [0.1, 0.15) is 24.9 Å². The van der Waals surface area contributed by atoms with Crippen molar-refractivity contribution in [2.24, 2.45) is 28.6 Å². The molecule has 4 rings (SSSR count). The molecule has 0 aromatic carbocycles. The molecule has 3 N–H and O–H groups in total. The molecule has 0 aromatic rings. The van der Waals surface area contributed by atoms with Crippen molar-refractivity contribution in [1.29, 1.82) is 0 Å². The zero-order valence-electron chi connectivity index (χ0n) is 23.6. The molecule has 0 aromatic heterocycles. The largest absolute Gasteiger partial charge is 0.481 e. The zero-order chi connectivity index (χ0) is 29.8. The van der Waals surface area contributed by atoms with E-state index in [0.717, 1.165) is 0 Å². The highest BCUT2D eigenvalue weighted by atomic mass is 16.6. The Bertz CT molecular complexity index is 1090. The topological polar surface area (TPSA) is 183 Å². The van der Waals surface area contributed by atoms with Gasteiger partial charge in [-0.2, -0.15) is 0 Å². The van der Waals surface area contributed by atoms with E-state index in [1.165, 1.54) is 27.7 Å². The van der Waals surface area contributed by atoms with E-state index in [1.807, 2.05) is 0 Å². The molecule has 0 heterocycles. The lowest BCUT2D eigenvalue weighted by atomic mass is 9.40. The molecule has 0 amide bonds. The van der Waals surface area contributed by atoms with Gasteiger partial charge in [-0.25, -0.2) is 0 Å². The Labute approximate surface area is 232 Å². The summed E-state index contributed by atoms with van der Waals surface area (Å²) < 4.78 is 22.7. The summed E-state index contributed by atoms with van der Waals surface area (Å²) in [5, 5.41) is 34.9. The third-order valence-electron chi connectivity index (χ3n) is 10.4. The summed E-state index contributed by atoms with van der Waals surface area (Å²) in [6.07, 6.45) is -2.43. The van der Waals surface area contributed by atoms with Crippen molar-refractivity contribution in [2.45, 2.75) is 109 Å². The van der Waals surface area contributed by atoms with Crippen molar-refractivity contribution >= 4 is 29.8 Å². The van der Waals surface area contributed by atoms with Gasteiger partial charge in [0.2, 0.25) is 0 Å². The molecule has 0 bridgehead atoms. The molecule has 0 aliphatic heterocycles. The van der Waals surface area contributed by atoms with Gasteiger partial charge in [-0.3, -0.25) is 24.0 Å². The number of ether oxygens (including phenoxy) is 4. The number of esters is 4. The number of carbonyl (C=O) groups is 5. The second-order valence-corrected chi connectivity index (χ2v) is 12.4. The number of hydrogen-bond donors (Lipinski definition) is 3. The number of hydrogen-bond acceptors (Lipinski definition) is 11. The van der Waals surface area contributed by atoms with Crippen molar-refractivity contribution in [2.75, 3.05) is 6.61 Å². The normalized spacial score (nSPS) is 43.8. The first-order valence-electron chi connectivity index (χ1n) is 13.8. The maximum atomic E-state index is 12.5. The Morgan fingerprint density at radius 3 is 2.00 bits per heavy atom. The van der Waals surface area contributed by atoms with Gasteiger partial charge in [-0.1, -0.05) is 6.92 Å². The molecule has 0 unspecified atom stereocenters. The average Bonchev–Trinajstić information content (AvgIpc) is 3.07. The summed E-state index contributed by atoms with van der Waals surface area (Å²) in [5.74, 6) is -6.10. The van der Waals surface area contributed by atoms with E-state index >= 15 is 0 Å². The van der Waals surface area contributed by atoms with Crippen LogP contribution in [0, 0.1) is 28.6 Å². The Kier molecular flexibility index (Phi) is 7.77. The lowest BCUT2D eigenvalue weighted by Gasteiger charge is -2.68. The number of aliphatic carboxylic acids is 1. The number of aliphatic hydroxyl groups is 2. The molecular weight excluding hydrogens is 528 g/mol. The van der Waals surface area contributed by atoms with Crippen molar-refractivity contribution < 1.29 is 58.2 Å². The number of rotatable bonds is 6. The smallest absolute Gasteiger partial charge is 0.307 e. The van der Waals surface area contributed by atoms with E-state index in [4.69, 9.17) is 18.9 Å². The molecule has 4 saturated carbocycles. The summed E-state index contributed by atoms with van der Waals surface area (Å²) in [6, 6.07) is 0. The van der Waals surface area contributed by atoms with Crippen LogP contribution in [0.4, 0.5) is 0 Å². The first-order chi connectivity index (χ1) is 18.5. The van der Waals surface area contributed by atoms with Crippen LogP contribution in [-0.4, -0.2) is 81.3 Å². The maximum absolute atomic E-state index is 12.5. The van der Waals surface area contributed by atoms with Crippen LogP contribution in [-0.2, 0) is 42.9 Å². The molecule has 0 saturated heterocycles. The summed E-state index contributed by atoms with van der Waals surface area (Å²) in [4.78, 5) is 61.2. The Morgan fingerprint density at radius 1 is 0.825 bits per heavy atom. The highest BCUT2D eigenvalue weighted by Gasteiger charge is 2.77. The zero-order valence-corrected chi connectivity index (χ0v) is 23.6. The van der Waals surface area contributed by atoms with E-state index in [0.29, 0.717) is 0 Å². The van der Waals surface area contributed by atoms with Gasteiger partial charge < -0.3 is 34.3 Å². The van der Waals surface area contributed by atoms with E-state index in [9.17, 15) is 39.3 Å². The lowest BCUT2D eigenvalue weighted by molar-refractivity contribution is -0.320. The maximum Gasteiger partial charge on any atom is 0.307 e. The molecule has 4 fully saturated rings. The first kappa shape index (κ1) is 30.2. The number of carboxylic acid groups (broad SMARTS) is 1. The molecule has 224 valence electrons. The van der Waals surface area contributed by atoms with Gasteiger partial charge in [0.25, 0.3) is 0 Å². The van der Waals surface area contributed by atoms with Gasteiger partial charge in [-0.05, 0) is 38.0 Å². The Hall–Kier alpha value is -2.73. The van der Waals surface area contributed by atoms with Gasteiger partial charge in [0.15, 0.2) is 0 Å². The van der Waals surface area contributed by atoms with Crippen LogP contribution in [0.15, 0.2) is 0 Å². The minimum atomic E-state index is -1.73. The Morgan fingerprint density at radius 2 is 1.45 bits per heavy atom. The van der Waals surface area contributed by atoms with Crippen LogP contribution in [0.3, 0.4) is 0 Å². The number of carbonyl (C=O) groups excluding carboxylic acids is 4. The second-order valence-electron chi connectivity index (χ2n) is 12.4. The molecule has 0 radical (unpaired) electrons. The summed E-state index contributed by atoms with van der Waals surface area (Å²) in [5.41, 5.74) is -5.97. The molecule has 4 aliphatic carbocycles. The van der Waals surface area contributed by atoms with Crippen molar-refractivity contribution in [1.82, 2.24) is 0 Å². The molecule has 4 aliphatic rings. The van der Waals surface area contributed by atoms with Crippen LogP contribution in [0.5, 0.6) is 0 Å². The minimum Gasteiger partial charge on any atom is -0.481 e. The molecule has 40 heavy (non-hydrogen) atoms. The first-order valence-corrected chi connectivity index (χ1v) is 13.8. The van der Waals surface area contributed by atoms with Crippen molar-refractivity contribution in [3.63, 3.8) is 0 Å². The van der Waals surface area contributed by atoms with E-state index < -0.39 is 94.6 Å². The molecule has 12 nitrogen and oxygen atoms in total. The molecule has 0 spiro atoms. The van der Waals surface area contributed by atoms with Crippen molar-refractivity contribution in [3.8, 4) is 0 Å². The van der Waals surface area contributed by atoms with Gasteiger partial charge in [0, 0.05) is 51.9 Å². The fourth-order valence-electron chi connectivity index (χ4n) is 9.01. The van der Waals surface area contributed by atoms with E-state index in [1.54, 1.807) is 6.92 Å². The van der Waals surface area contributed by atoms with E-state index in [2.05, 4.69) is 0 Å². The van der Waals surface area contributed by atoms with Crippen LogP contribution in [0.1, 0.15) is 79.6 Å². The van der Waals surface area contributed by atoms with Crippen LogP contribution in [0.2, 0.25) is 0 Å². The molecule has 12 heteroatoms. The highest BCUT2D eigenvalue weighted by Crippen LogP contribution is 2.70. The van der Waals surface area contributed by atoms with Gasteiger partial charge in [-0.15, -0.1) is 0 Å². The van der Waals surface area contributed by atoms with Crippen LogP contribution >= 0.6 is 0 Å². The summed E-state index contributed by atoms with van der Waals surface area (Å²) in [6.45, 7) is 6.12. The second kappa shape index (κ2) is 10.3. The monoisotopic (exact) mass is 568 g/mol. The van der Waals surface area contributed by atoms with Crippen LogP contribution < -0.4 is 0 Å². The fraction of sp³-hybridized carbons (Fsp3) is 0.821. The fourth-order valence-corrected chi connectivity index (χ4v) is 9.01. The third kappa shape index (κ3) is 4.56. The predicted octanol–water partition coefficient (Wildman–Crippen LogP) is 1.52. The number of fused-ring (bicyclic) bond motifs is 5. The third-order valence-corrected chi connectivity index (χ3v) is 10.4. The average molecular weight is 569 g/mol. The Balaban J connectivity index is 1.94. The van der Waals surface area contributed by atoms with Gasteiger partial charge >= 0.3 is 29.8 Å².